The molecule has 2 N–H and O–H groups in total. The molecule has 0 radical (unpaired) electrons. The van der Waals surface area contributed by atoms with E-state index < -0.39 is 11.7 Å². The number of aromatic nitrogens is 2. The van der Waals surface area contributed by atoms with Crippen molar-refractivity contribution in [2.45, 2.75) is 25.7 Å². The molecule has 9 heteroatoms. The fraction of sp³-hybridized carbons (Fsp3) is 0.333. The van der Waals surface area contributed by atoms with Crippen LogP contribution in [0.1, 0.15) is 17.5 Å². The Hall–Kier alpha value is -3.33. The summed E-state index contributed by atoms with van der Waals surface area (Å²) in [5, 5.41) is 0. The van der Waals surface area contributed by atoms with Crippen LogP contribution in [-0.4, -0.2) is 40.1 Å². The third kappa shape index (κ3) is 5.36. The van der Waals surface area contributed by atoms with Crippen molar-refractivity contribution in [1.29, 1.82) is 0 Å². The lowest BCUT2D eigenvalue weighted by atomic mass is 10.00. The number of nitrogens with two attached hydrogens (primary N) is 1. The standard InChI is InChI=1S/C24H25F3N4O2/c25-24(26,27)21-4-1-17(2-5-21)18-3-6-22-20(13-18)15-31(11-12-33-22)23(32)19(7-8-28)14-30-10-9-29-16-30/h1-6,9-10,13,16,19H,7-8,11-12,14-15,28H2. The molecular weight excluding hydrogens is 433 g/mol. The summed E-state index contributed by atoms with van der Waals surface area (Å²) in [5.74, 6) is 0.375. The molecular formula is C24H25F3N4O2. The Morgan fingerprint density at radius 1 is 1.15 bits per heavy atom. The van der Waals surface area contributed by atoms with Crippen LogP contribution in [-0.2, 0) is 24.1 Å². The van der Waals surface area contributed by atoms with E-state index in [9.17, 15) is 18.0 Å². The van der Waals surface area contributed by atoms with Gasteiger partial charge in [-0.1, -0.05) is 18.2 Å². The van der Waals surface area contributed by atoms with Gasteiger partial charge in [-0.3, -0.25) is 4.79 Å². The number of amides is 1. The van der Waals surface area contributed by atoms with E-state index in [-0.39, 0.29) is 11.8 Å². The van der Waals surface area contributed by atoms with Gasteiger partial charge in [0.25, 0.3) is 0 Å². The molecule has 33 heavy (non-hydrogen) atoms. The van der Waals surface area contributed by atoms with Crippen molar-refractivity contribution < 1.29 is 22.7 Å². The Balaban J connectivity index is 1.55. The third-order valence-electron chi connectivity index (χ3n) is 5.75. The monoisotopic (exact) mass is 458 g/mol. The van der Waals surface area contributed by atoms with Crippen LogP contribution < -0.4 is 10.5 Å². The Labute approximate surface area is 189 Å². The van der Waals surface area contributed by atoms with Gasteiger partial charge in [0, 0.05) is 31.0 Å². The zero-order valence-electron chi connectivity index (χ0n) is 18.0. The molecule has 0 bridgehead atoms. The van der Waals surface area contributed by atoms with Crippen molar-refractivity contribution in [1.82, 2.24) is 14.5 Å². The Morgan fingerprint density at radius 2 is 1.91 bits per heavy atom. The number of alkyl halides is 3. The average Bonchev–Trinajstić information content (AvgIpc) is 3.21. The van der Waals surface area contributed by atoms with Gasteiger partial charge in [-0.25, -0.2) is 4.98 Å². The number of halogens is 3. The molecule has 0 aliphatic carbocycles. The molecule has 0 saturated heterocycles. The number of benzene rings is 2. The van der Waals surface area contributed by atoms with E-state index in [1.165, 1.54) is 12.1 Å². The number of ether oxygens (including phenoxy) is 1. The average molecular weight is 458 g/mol. The first-order valence-corrected chi connectivity index (χ1v) is 10.7. The van der Waals surface area contributed by atoms with Crippen LogP contribution in [0.5, 0.6) is 5.75 Å². The number of carbonyl (C=O) groups is 1. The minimum Gasteiger partial charge on any atom is -0.491 e. The van der Waals surface area contributed by atoms with E-state index in [1.807, 2.05) is 22.9 Å². The summed E-state index contributed by atoms with van der Waals surface area (Å²) >= 11 is 0. The number of imidazole rings is 1. The van der Waals surface area contributed by atoms with Crippen LogP contribution in [0.4, 0.5) is 13.2 Å². The molecule has 2 heterocycles. The molecule has 6 nitrogen and oxygen atoms in total. The molecule has 1 unspecified atom stereocenters. The summed E-state index contributed by atoms with van der Waals surface area (Å²) in [6, 6.07) is 10.5. The van der Waals surface area contributed by atoms with Crippen molar-refractivity contribution >= 4 is 5.91 Å². The van der Waals surface area contributed by atoms with E-state index >= 15 is 0 Å². The minimum absolute atomic E-state index is 0.00877. The zero-order valence-corrected chi connectivity index (χ0v) is 18.0. The third-order valence-corrected chi connectivity index (χ3v) is 5.75. The van der Waals surface area contributed by atoms with Crippen LogP contribution in [0.2, 0.25) is 0 Å². The number of carbonyl (C=O) groups excluding carboxylic acids is 1. The fourth-order valence-corrected chi connectivity index (χ4v) is 4.02. The van der Waals surface area contributed by atoms with Gasteiger partial charge in [0.1, 0.15) is 12.4 Å². The van der Waals surface area contributed by atoms with Crippen LogP contribution in [0, 0.1) is 5.92 Å². The quantitative estimate of drug-likeness (QED) is 0.607. The van der Waals surface area contributed by atoms with Gasteiger partial charge >= 0.3 is 6.18 Å². The topological polar surface area (TPSA) is 73.4 Å². The Kier molecular flexibility index (Phi) is 6.69. The maximum Gasteiger partial charge on any atom is 0.416 e. The maximum absolute atomic E-state index is 13.3. The van der Waals surface area contributed by atoms with Crippen molar-refractivity contribution in [3.8, 4) is 16.9 Å². The number of nitrogens with zero attached hydrogens (tertiary/aromatic N) is 3. The fourth-order valence-electron chi connectivity index (χ4n) is 4.02. The predicted octanol–water partition coefficient (Wildman–Crippen LogP) is 3.96. The Morgan fingerprint density at radius 3 is 2.58 bits per heavy atom. The molecule has 1 aliphatic rings. The SMILES string of the molecule is NCCC(Cn1ccnc1)C(=O)N1CCOc2ccc(-c3ccc(C(F)(F)F)cc3)cc2C1. The molecule has 0 saturated carbocycles. The molecule has 1 aliphatic heterocycles. The lowest BCUT2D eigenvalue weighted by Gasteiger charge is -2.26. The van der Waals surface area contributed by atoms with Gasteiger partial charge < -0.3 is 19.9 Å². The van der Waals surface area contributed by atoms with Crippen LogP contribution in [0.15, 0.2) is 61.2 Å². The second-order valence-corrected chi connectivity index (χ2v) is 8.04. The van der Waals surface area contributed by atoms with E-state index in [1.54, 1.807) is 23.5 Å². The zero-order chi connectivity index (χ0) is 23.4. The normalized spacial score (nSPS) is 14.8. The lowest BCUT2D eigenvalue weighted by Crippen LogP contribution is -2.39. The van der Waals surface area contributed by atoms with Crippen molar-refractivity contribution in [3.63, 3.8) is 0 Å². The number of fused-ring (bicyclic) bond motifs is 1. The first-order valence-electron chi connectivity index (χ1n) is 10.7. The van der Waals surface area contributed by atoms with E-state index in [4.69, 9.17) is 10.5 Å². The summed E-state index contributed by atoms with van der Waals surface area (Å²) < 4.78 is 46.4. The molecule has 0 spiro atoms. The second-order valence-electron chi connectivity index (χ2n) is 8.04. The summed E-state index contributed by atoms with van der Waals surface area (Å²) in [7, 11) is 0. The second kappa shape index (κ2) is 9.66. The molecule has 0 fully saturated rings. The highest BCUT2D eigenvalue weighted by Gasteiger charge is 2.30. The van der Waals surface area contributed by atoms with Gasteiger partial charge in [-0.2, -0.15) is 13.2 Å². The van der Waals surface area contributed by atoms with Crippen molar-refractivity contribution in [3.05, 3.63) is 72.3 Å². The first-order chi connectivity index (χ1) is 15.8. The van der Waals surface area contributed by atoms with Crippen LogP contribution in [0.25, 0.3) is 11.1 Å². The van der Waals surface area contributed by atoms with Gasteiger partial charge in [0.2, 0.25) is 5.91 Å². The number of rotatable bonds is 6. The molecule has 1 aromatic heterocycles. The van der Waals surface area contributed by atoms with E-state index in [2.05, 4.69) is 4.98 Å². The molecule has 4 rings (SSSR count). The molecule has 3 aromatic rings. The van der Waals surface area contributed by atoms with Crippen LogP contribution >= 0.6 is 0 Å². The van der Waals surface area contributed by atoms with Gasteiger partial charge in [-0.15, -0.1) is 0 Å². The number of hydrogen-bond donors (Lipinski definition) is 1. The van der Waals surface area contributed by atoms with Crippen molar-refractivity contribution in [2.24, 2.45) is 11.7 Å². The minimum atomic E-state index is -4.38. The summed E-state index contributed by atoms with van der Waals surface area (Å²) in [6.07, 6.45) is 1.33. The highest BCUT2D eigenvalue weighted by atomic mass is 19.4. The largest absolute Gasteiger partial charge is 0.491 e. The summed E-state index contributed by atoms with van der Waals surface area (Å²) in [4.78, 5) is 19.1. The molecule has 2 aromatic carbocycles. The van der Waals surface area contributed by atoms with Crippen LogP contribution in [0.3, 0.4) is 0 Å². The van der Waals surface area contributed by atoms with Gasteiger partial charge in [0.15, 0.2) is 0 Å². The highest BCUT2D eigenvalue weighted by molar-refractivity contribution is 5.79. The molecule has 1 atom stereocenters. The smallest absolute Gasteiger partial charge is 0.416 e. The Bertz CT molecular complexity index is 1080. The summed E-state index contributed by atoms with van der Waals surface area (Å²) in [6.45, 7) is 2.04. The predicted molar refractivity (Wildman–Crippen MR) is 117 cm³/mol. The highest BCUT2D eigenvalue weighted by Crippen LogP contribution is 2.33. The number of hydrogen-bond acceptors (Lipinski definition) is 4. The molecule has 174 valence electrons. The molecule has 1 amide bonds. The van der Waals surface area contributed by atoms with E-state index in [0.29, 0.717) is 50.5 Å². The van der Waals surface area contributed by atoms with Gasteiger partial charge in [-0.05, 0) is 48.4 Å². The van der Waals surface area contributed by atoms with Gasteiger partial charge in [0.05, 0.1) is 24.4 Å². The van der Waals surface area contributed by atoms with E-state index in [0.717, 1.165) is 23.3 Å². The first kappa shape index (κ1) is 22.8. The maximum atomic E-state index is 13.3. The summed E-state index contributed by atoms with van der Waals surface area (Å²) in [5.41, 5.74) is 7.31. The lowest BCUT2D eigenvalue weighted by molar-refractivity contribution is -0.138. The van der Waals surface area contributed by atoms with Crippen molar-refractivity contribution in [2.75, 3.05) is 19.7 Å².